The summed E-state index contributed by atoms with van der Waals surface area (Å²) < 4.78 is 11.0. The Labute approximate surface area is 139 Å². The minimum atomic E-state index is 0.175. The molecule has 0 saturated carbocycles. The second-order valence-electron chi connectivity index (χ2n) is 5.97. The number of hydrogen-bond acceptors (Lipinski definition) is 4. The van der Waals surface area contributed by atoms with E-state index in [9.17, 15) is 4.79 Å². The molecule has 5 heteroatoms. The van der Waals surface area contributed by atoms with Crippen LogP contribution in [0.15, 0.2) is 24.3 Å². The van der Waals surface area contributed by atoms with Crippen molar-refractivity contribution in [2.75, 3.05) is 33.9 Å². The van der Waals surface area contributed by atoms with Crippen LogP contribution in [0.5, 0.6) is 5.75 Å². The van der Waals surface area contributed by atoms with Gasteiger partial charge in [-0.25, -0.2) is 0 Å². The molecule has 1 aromatic carbocycles. The van der Waals surface area contributed by atoms with Crippen LogP contribution in [0.2, 0.25) is 0 Å². The van der Waals surface area contributed by atoms with Crippen LogP contribution in [-0.4, -0.2) is 50.8 Å². The van der Waals surface area contributed by atoms with Crippen LogP contribution in [-0.2, 0) is 16.1 Å². The molecule has 1 aromatic rings. The zero-order valence-electron chi connectivity index (χ0n) is 14.2. The number of amides is 1. The molecule has 1 heterocycles. The molecule has 1 atom stereocenters. The van der Waals surface area contributed by atoms with Gasteiger partial charge in [0.1, 0.15) is 5.75 Å². The number of carbonyl (C=O) groups is 1. The van der Waals surface area contributed by atoms with Crippen LogP contribution >= 0.6 is 0 Å². The molecule has 1 fully saturated rings. The lowest BCUT2D eigenvalue weighted by Crippen LogP contribution is -2.37. The molecule has 5 nitrogen and oxygen atoms in total. The van der Waals surface area contributed by atoms with Crippen molar-refractivity contribution in [1.29, 1.82) is 0 Å². The molecule has 1 unspecified atom stereocenters. The van der Waals surface area contributed by atoms with Gasteiger partial charge in [0.05, 0.1) is 13.2 Å². The molecule has 0 aromatic heterocycles. The zero-order valence-corrected chi connectivity index (χ0v) is 14.2. The summed E-state index contributed by atoms with van der Waals surface area (Å²) in [6.07, 6.45) is 3.73. The van der Waals surface area contributed by atoms with E-state index in [1.165, 1.54) is 0 Å². The molecule has 1 aliphatic rings. The third-order valence-electron chi connectivity index (χ3n) is 4.13. The van der Waals surface area contributed by atoms with E-state index in [4.69, 9.17) is 9.47 Å². The van der Waals surface area contributed by atoms with Crippen LogP contribution < -0.4 is 10.1 Å². The van der Waals surface area contributed by atoms with Gasteiger partial charge < -0.3 is 19.7 Å². The Hall–Kier alpha value is -1.59. The first kappa shape index (κ1) is 17.8. The largest absolute Gasteiger partial charge is 0.497 e. The van der Waals surface area contributed by atoms with Gasteiger partial charge in [0, 0.05) is 26.1 Å². The number of rotatable bonds is 9. The lowest BCUT2D eigenvalue weighted by atomic mass is 10.1. The van der Waals surface area contributed by atoms with Crippen molar-refractivity contribution in [3.05, 3.63) is 29.8 Å². The monoisotopic (exact) mass is 320 g/mol. The fourth-order valence-electron chi connectivity index (χ4n) is 2.85. The van der Waals surface area contributed by atoms with Crippen molar-refractivity contribution >= 4 is 5.91 Å². The first-order valence-corrected chi connectivity index (χ1v) is 8.40. The van der Waals surface area contributed by atoms with Crippen LogP contribution in [0.25, 0.3) is 0 Å². The molecule has 0 radical (unpaired) electrons. The molecule has 2 rings (SSSR count). The molecule has 1 saturated heterocycles. The second-order valence-corrected chi connectivity index (χ2v) is 5.97. The molecule has 0 bridgehead atoms. The predicted molar refractivity (Wildman–Crippen MR) is 90.5 cm³/mol. The van der Waals surface area contributed by atoms with E-state index >= 15 is 0 Å². The molecule has 0 spiro atoms. The summed E-state index contributed by atoms with van der Waals surface area (Å²) in [6, 6.07) is 7.90. The Morgan fingerprint density at radius 1 is 1.48 bits per heavy atom. The summed E-state index contributed by atoms with van der Waals surface area (Å²) in [4.78, 5) is 14.5. The number of methoxy groups -OCH3 is 1. The Morgan fingerprint density at radius 3 is 3.04 bits per heavy atom. The summed E-state index contributed by atoms with van der Waals surface area (Å²) in [7, 11) is 3.57. The molecular weight excluding hydrogens is 292 g/mol. The van der Waals surface area contributed by atoms with E-state index in [-0.39, 0.29) is 12.0 Å². The third kappa shape index (κ3) is 5.84. The highest BCUT2D eigenvalue weighted by Crippen LogP contribution is 2.18. The van der Waals surface area contributed by atoms with Gasteiger partial charge in [-0.15, -0.1) is 0 Å². The van der Waals surface area contributed by atoms with E-state index in [1.807, 2.05) is 36.2 Å². The van der Waals surface area contributed by atoms with Gasteiger partial charge in [-0.05, 0) is 50.6 Å². The van der Waals surface area contributed by atoms with Crippen molar-refractivity contribution < 1.29 is 14.3 Å². The molecule has 0 aliphatic carbocycles. The summed E-state index contributed by atoms with van der Waals surface area (Å²) in [5, 5.41) is 3.09. The van der Waals surface area contributed by atoms with Gasteiger partial charge >= 0.3 is 0 Å². The maximum Gasteiger partial charge on any atom is 0.223 e. The van der Waals surface area contributed by atoms with Crippen LogP contribution in [0.1, 0.15) is 31.2 Å². The summed E-state index contributed by atoms with van der Waals surface area (Å²) in [5.41, 5.74) is 1.09. The van der Waals surface area contributed by atoms with E-state index in [2.05, 4.69) is 5.32 Å². The van der Waals surface area contributed by atoms with Gasteiger partial charge in [0.15, 0.2) is 0 Å². The Balaban J connectivity index is 2.00. The smallest absolute Gasteiger partial charge is 0.223 e. The highest BCUT2D eigenvalue weighted by molar-refractivity contribution is 5.76. The fraction of sp³-hybridized carbons (Fsp3) is 0.611. The zero-order chi connectivity index (χ0) is 16.5. The highest BCUT2D eigenvalue weighted by Gasteiger charge is 2.22. The van der Waals surface area contributed by atoms with Crippen LogP contribution in [0.4, 0.5) is 0 Å². The van der Waals surface area contributed by atoms with Crippen molar-refractivity contribution in [2.24, 2.45) is 0 Å². The van der Waals surface area contributed by atoms with E-state index in [0.29, 0.717) is 19.5 Å². The second kappa shape index (κ2) is 9.53. The fourth-order valence-corrected chi connectivity index (χ4v) is 2.85. The Morgan fingerprint density at radius 2 is 2.35 bits per heavy atom. The van der Waals surface area contributed by atoms with Crippen LogP contribution in [0, 0.1) is 0 Å². The SMILES string of the molecule is CNCCCC(=O)N(Cc1cccc(OC)c1)CC1CCCO1. The number of nitrogens with zero attached hydrogens (tertiary/aromatic N) is 1. The minimum absolute atomic E-state index is 0.175. The van der Waals surface area contributed by atoms with E-state index in [1.54, 1.807) is 7.11 Å². The lowest BCUT2D eigenvalue weighted by molar-refractivity contribution is -0.133. The Kier molecular flexibility index (Phi) is 7.36. The van der Waals surface area contributed by atoms with E-state index in [0.717, 1.165) is 43.7 Å². The van der Waals surface area contributed by atoms with Gasteiger partial charge in [-0.3, -0.25) is 4.79 Å². The van der Waals surface area contributed by atoms with Crippen molar-refractivity contribution in [2.45, 2.75) is 38.3 Å². The first-order chi connectivity index (χ1) is 11.2. The van der Waals surface area contributed by atoms with Gasteiger partial charge in [0.25, 0.3) is 0 Å². The topological polar surface area (TPSA) is 50.8 Å². The number of hydrogen-bond donors (Lipinski definition) is 1. The van der Waals surface area contributed by atoms with Gasteiger partial charge in [-0.2, -0.15) is 0 Å². The molecule has 1 aliphatic heterocycles. The third-order valence-corrected chi connectivity index (χ3v) is 4.13. The minimum Gasteiger partial charge on any atom is -0.497 e. The van der Waals surface area contributed by atoms with Gasteiger partial charge in [-0.1, -0.05) is 12.1 Å². The van der Waals surface area contributed by atoms with Gasteiger partial charge in [0.2, 0.25) is 5.91 Å². The standard InChI is InChI=1S/C18H28N2O3/c1-19-10-4-9-18(21)20(14-17-8-5-11-23-17)13-15-6-3-7-16(12-15)22-2/h3,6-7,12,17,19H,4-5,8-11,13-14H2,1-2H3. The summed E-state index contributed by atoms with van der Waals surface area (Å²) >= 11 is 0. The van der Waals surface area contributed by atoms with Crippen molar-refractivity contribution in [3.63, 3.8) is 0 Å². The molecule has 23 heavy (non-hydrogen) atoms. The number of nitrogens with one attached hydrogen (secondary N) is 1. The average Bonchev–Trinajstić information content (AvgIpc) is 3.07. The average molecular weight is 320 g/mol. The number of ether oxygens (including phenoxy) is 2. The Bertz CT molecular complexity index is 487. The molecule has 128 valence electrons. The predicted octanol–water partition coefficient (Wildman–Crippen LogP) is 2.20. The highest BCUT2D eigenvalue weighted by atomic mass is 16.5. The lowest BCUT2D eigenvalue weighted by Gasteiger charge is -2.26. The normalized spacial score (nSPS) is 17.2. The maximum absolute atomic E-state index is 12.6. The maximum atomic E-state index is 12.6. The first-order valence-electron chi connectivity index (χ1n) is 8.40. The molecule has 1 amide bonds. The summed E-state index contributed by atoms with van der Waals surface area (Å²) in [5.74, 6) is 1.01. The number of benzene rings is 1. The van der Waals surface area contributed by atoms with Crippen molar-refractivity contribution in [1.82, 2.24) is 10.2 Å². The molecular formula is C18H28N2O3. The summed E-state index contributed by atoms with van der Waals surface area (Å²) in [6.45, 7) is 2.95. The molecule has 1 N–H and O–H groups in total. The van der Waals surface area contributed by atoms with Crippen LogP contribution in [0.3, 0.4) is 0 Å². The van der Waals surface area contributed by atoms with E-state index < -0.39 is 0 Å². The number of carbonyl (C=O) groups excluding carboxylic acids is 1. The quantitative estimate of drug-likeness (QED) is 0.709. The van der Waals surface area contributed by atoms with Crippen molar-refractivity contribution in [3.8, 4) is 5.75 Å².